The van der Waals surface area contributed by atoms with Crippen LogP contribution >= 0.6 is 7.82 Å². The summed E-state index contributed by atoms with van der Waals surface area (Å²) in [7, 11) is -4.40. The highest BCUT2D eigenvalue weighted by atomic mass is 31.2. The minimum atomic E-state index is -4.40. The van der Waals surface area contributed by atoms with Crippen molar-refractivity contribution in [2.45, 2.75) is 264 Å². The first-order valence-electron chi connectivity index (χ1n) is 29.1. The largest absolute Gasteiger partial charge is 0.472 e. The minimum Gasteiger partial charge on any atom is -0.462 e. The molecule has 410 valence electrons. The van der Waals surface area contributed by atoms with Crippen molar-refractivity contribution in [1.82, 2.24) is 0 Å². The van der Waals surface area contributed by atoms with Gasteiger partial charge in [-0.05, 0) is 89.9 Å². The van der Waals surface area contributed by atoms with Crippen LogP contribution in [0.1, 0.15) is 258 Å². The normalized spacial score (nSPS) is 13.7. The van der Waals surface area contributed by atoms with E-state index >= 15 is 0 Å². The van der Waals surface area contributed by atoms with Crippen molar-refractivity contribution in [2.24, 2.45) is 5.73 Å². The number of allylic oxidation sites excluding steroid dienone is 14. The standard InChI is InChI=1S/C61H108NO8P/c1-3-5-7-9-11-13-15-17-19-21-23-25-26-27-28-29-30-31-32-34-35-37-39-41-43-45-47-49-51-53-60(63)67-57-59(58-69-71(65,66)68-56-55-62)70-61(64)54-52-50-48-46-44-42-40-38-36-33-24-22-20-18-16-14-12-10-8-6-4-2/h6,8,12,14-15,17-18,20-21,23-24,33,38,40,59H,3-5,7,9-11,13,16,19,22,25-32,34-37,39,41-58,62H2,1-2H3,(H,65,66)/b8-6-,14-12-,17-15-,20-18-,23-21-,33-24-,40-38-. The molecule has 0 rings (SSSR count). The molecule has 0 saturated heterocycles. The second-order valence-electron chi connectivity index (χ2n) is 19.1. The lowest BCUT2D eigenvalue weighted by molar-refractivity contribution is -0.161. The molecule has 0 aromatic carbocycles. The van der Waals surface area contributed by atoms with Crippen LogP contribution in [0.2, 0.25) is 0 Å². The molecule has 0 aliphatic rings. The van der Waals surface area contributed by atoms with Crippen LogP contribution in [0, 0.1) is 0 Å². The van der Waals surface area contributed by atoms with Gasteiger partial charge in [0.2, 0.25) is 0 Å². The average Bonchev–Trinajstić information content (AvgIpc) is 3.36. The van der Waals surface area contributed by atoms with Gasteiger partial charge < -0.3 is 20.1 Å². The maximum Gasteiger partial charge on any atom is 0.472 e. The van der Waals surface area contributed by atoms with Crippen LogP contribution in [0.3, 0.4) is 0 Å². The van der Waals surface area contributed by atoms with Gasteiger partial charge >= 0.3 is 19.8 Å². The molecule has 0 aromatic heterocycles. The number of nitrogens with two attached hydrogens (primary N) is 1. The third kappa shape index (κ3) is 56.3. The van der Waals surface area contributed by atoms with Gasteiger partial charge in [-0.3, -0.25) is 18.6 Å². The molecule has 2 atom stereocenters. The number of esters is 2. The summed E-state index contributed by atoms with van der Waals surface area (Å²) in [4.78, 5) is 35.2. The monoisotopic (exact) mass is 1010 g/mol. The van der Waals surface area contributed by atoms with Crippen LogP contribution in [0.5, 0.6) is 0 Å². The van der Waals surface area contributed by atoms with Gasteiger partial charge in [0, 0.05) is 19.4 Å². The molecule has 2 unspecified atom stereocenters. The number of unbranched alkanes of at least 4 members (excludes halogenated alkanes) is 27. The second-order valence-corrected chi connectivity index (χ2v) is 20.6. The fraction of sp³-hybridized carbons (Fsp3) is 0.738. The van der Waals surface area contributed by atoms with Gasteiger partial charge in [-0.2, -0.15) is 0 Å². The average molecular weight is 1010 g/mol. The predicted molar refractivity (Wildman–Crippen MR) is 302 cm³/mol. The van der Waals surface area contributed by atoms with E-state index < -0.39 is 26.5 Å². The van der Waals surface area contributed by atoms with Crippen molar-refractivity contribution >= 4 is 19.8 Å². The molecule has 0 bridgehead atoms. The predicted octanol–water partition coefficient (Wildman–Crippen LogP) is 18.3. The third-order valence-corrected chi connectivity index (χ3v) is 13.2. The summed E-state index contributed by atoms with van der Waals surface area (Å²) in [5, 5.41) is 0. The van der Waals surface area contributed by atoms with Crippen molar-refractivity contribution in [2.75, 3.05) is 26.4 Å². The molecular weight excluding hydrogens is 906 g/mol. The second kappa shape index (κ2) is 56.5. The van der Waals surface area contributed by atoms with Gasteiger partial charge in [0.05, 0.1) is 13.2 Å². The summed E-state index contributed by atoms with van der Waals surface area (Å²) in [6.45, 7) is 3.61. The topological polar surface area (TPSA) is 134 Å². The Labute approximate surface area is 436 Å². The minimum absolute atomic E-state index is 0.0467. The number of carbonyl (C=O) groups is 2. The molecule has 0 amide bonds. The maximum atomic E-state index is 12.7. The Balaban J connectivity index is 3.98. The molecule has 9 nitrogen and oxygen atoms in total. The zero-order valence-corrected chi connectivity index (χ0v) is 46.6. The summed E-state index contributed by atoms with van der Waals surface area (Å²) in [5.41, 5.74) is 5.38. The SMILES string of the molecule is CC/C=C\C/C=C\C/C=C\C/C=C\C/C=C\CCCCCCCC(=O)OC(COC(=O)CCCCCCCCCCCCCCCCCCC/C=C\C/C=C\CCCCCCC)COP(=O)(O)OCCN. The van der Waals surface area contributed by atoms with E-state index in [4.69, 9.17) is 24.3 Å². The zero-order valence-electron chi connectivity index (χ0n) is 45.7. The molecule has 0 radical (unpaired) electrons. The highest BCUT2D eigenvalue weighted by Gasteiger charge is 2.26. The van der Waals surface area contributed by atoms with Crippen molar-refractivity contribution in [3.05, 3.63) is 85.1 Å². The number of hydrogen-bond acceptors (Lipinski definition) is 8. The van der Waals surface area contributed by atoms with Crippen LogP contribution < -0.4 is 5.73 Å². The van der Waals surface area contributed by atoms with Crippen molar-refractivity contribution in [1.29, 1.82) is 0 Å². The lowest BCUT2D eigenvalue weighted by Gasteiger charge is -2.19. The summed E-state index contributed by atoms with van der Waals surface area (Å²) < 4.78 is 33.0. The Bertz CT molecular complexity index is 1440. The van der Waals surface area contributed by atoms with E-state index in [1.807, 2.05) is 0 Å². The quantitative estimate of drug-likeness (QED) is 0.0264. The molecule has 0 aliphatic carbocycles. The van der Waals surface area contributed by atoms with Crippen LogP contribution in [0.25, 0.3) is 0 Å². The molecule has 0 spiro atoms. The first kappa shape index (κ1) is 68.2. The van der Waals surface area contributed by atoms with Gasteiger partial charge in [0.1, 0.15) is 6.61 Å². The first-order chi connectivity index (χ1) is 34.8. The van der Waals surface area contributed by atoms with Crippen LogP contribution in [-0.4, -0.2) is 49.3 Å². The Morgan fingerprint density at radius 1 is 0.437 bits per heavy atom. The van der Waals surface area contributed by atoms with Crippen LogP contribution in [-0.2, 0) is 32.7 Å². The fourth-order valence-electron chi connectivity index (χ4n) is 7.99. The molecular formula is C61H108NO8P. The van der Waals surface area contributed by atoms with E-state index in [0.717, 1.165) is 89.9 Å². The fourth-order valence-corrected chi connectivity index (χ4v) is 8.75. The van der Waals surface area contributed by atoms with Gasteiger partial charge in [0.25, 0.3) is 0 Å². The van der Waals surface area contributed by atoms with E-state index in [1.54, 1.807) is 0 Å². The van der Waals surface area contributed by atoms with E-state index in [0.29, 0.717) is 6.42 Å². The zero-order chi connectivity index (χ0) is 51.7. The molecule has 0 aromatic rings. The van der Waals surface area contributed by atoms with Gasteiger partial charge in [-0.25, -0.2) is 4.57 Å². The first-order valence-corrected chi connectivity index (χ1v) is 30.6. The van der Waals surface area contributed by atoms with Crippen molar-refractivity contribution in [3.63, 3.8) is 0 Å². The summed E-state index contributed by atoms with van der Waals surface area (Å²) in [6.07, 6.45) is 73.5. The Kier molecular flexibility index (Phi) is 54.2. The van der Waals surface area contributed by atoms with Gasteiger partial charge in [0.15, 0.2) is 6.10 Å². The Hall–Kier alpha value is -2.81. The molecule has 3 N–H and O–H groups in total. The summed E-state index contributed by atoms with van der Waals surface area (Å²) in [6, 6.07) is 0. The van der Waals surface area contributed by atoms with Crippen LogP contribution in [0.4, 0.5) is 0 Å². The molecule has 0 aliphatic heterocycles. The van der Waals surface area contributed by atoms with Gasteiger partial charge in [-0.15, -0.1) is 0 Å². The highest BCUT2D eigenvalue weighted by molar-refractivity contribution is 7.47. The smallest absolute Gasteiger partial charge is 0.462 e. The van der Waals surface area contributed by atoms with E-state index in [-0.39, 0.29) is 38.6 Å². The Morgan fingerprint density at radius 3 is 1.15 bits per heavy atom. The number of ether oxygens (including phenoxy) is 2. The summed E-state index contributed by atoms with van der Waals surface area (Å²) >= 11 is 0. The third-order valence-electron chi connectivity index (χ3n) is 12.3. The highest BCUT2D eigenvalue weighted by Crippen LogP contribution is 2.43. The van der Waals surface area contributed by atoms with E-state index in [2.05, 4.69) is 98.9 Å². The maximum absolute atomic E-state index is 12.7. The van der Waals surface area contributed by atoms with E-state index in [9.17, 15) is 19.0 Å². The Morgan fingerprint density at radius 2 is 0.775 bits per heavy atom. The molecule has 0 saturated carbocycles. The molecule has 0 heterocycles. The van der Waals surface area contributed by atoms with Crippen molar-refractivity contribution < 1.29 is 37.6 Å². The number of hydrogen-bond donors (Lipinski definition) is 2. The van der Waals surface area contributed by atoms with Crippen molar-refractivity contribution in [3.8, 4) is 0 Å². The summed E-state index contributed by atoms with van der Waals surface area (Å²) in [5.74, 6) is -0.847. The molecule has 10 heteroatoms. The molecule has 71 heavy (non-hydrogen) atoms. The number of phosphoric ester groups is 1. The van der Waals surface area contributed by atoms with E-state index in [1.165, 1.54) is 135 Å². The van der Waals surface area contributed by atoms with Gasteiger partial charge in [-0.1, -0.05) is 240 Å². The van der Waals surface area contributed by atoms with Crippen LogP contribution in [0.15, 0.2) is 85.1 Å². The number of carbonyl (C=O) groups excluding carboxylic acids is 2. The number of rotatable bonds is 54. The molecule has 0 fully saturated rings. The lowest BCUT2D eigenvalue weighted by Crippen LogP contribution is -2.29. The number of phosphoric acid groups is 1. The lowest BCUT2D eigenvalue weighted by atomic mass is 10.0.